The molecule has 1 aromatic carbocycles. The third-order valence-corrected chi connectivity index (χ3v) is 2.11. The maximum absolute atomic E-state index is 5.49. The van der Waals surface area contributed by atoms with Gasteiger partial charge in [-0.05, 0) is 5.56 Å². The number of rotatable bonds is 2. The van der Waals surface area contributed by atoms with Crippen molar-refractivity contribution in [3.05, 3.63) is 35.4 Å². The van der Waals surface area contributed by atoms with Crippen LogP contribution >= 0.6 is 0 Å². The van der Waals surface area contributed by atoms with E-state index in [4.69, 9.17) is 15.2 Å². The molecule has 0 bridgehead atoms. The highest BCUT2D eigenvalue weighted by Gasteiger charge is 2.17. The molecule has 13 heavy (non-hydrogen) atoms. The Labute approximate surface area is 77.5 Å². The summed E-state index contributed by atoms with van der Waals surface area (Å²) < 4.78 is 10.7. The van der Waals surface area contributed by atoms with Crippen LogP contribution in [0.25, 0.3) is 0 Å². The third-order valence-electron chi connectivity index (χ3n) is 2.11. The summed E-state index contributed by atoms with van der Waals surface area (Å²) in [5, 5.41) is 0. The van der Waals surface area contributed by atoms with Crippen LogP contribution in [0, 0.1) is 0 Å². The van der Waals surface area contributed by atoms with Crippen molar-refractivity contribution in [3.63, 3.8) is 0 Å². The maximum Gasteiger partial charge on any atom is 0.184 e. The minimum atomic E-state index is -0.174. The van der Waals surface area contributed by atoms with Crippen LogP contribution in [0.2, 0.25) is 0 Å². The van der Waals surface area contributed by atoms with Gasteiger partial charge in [-0.25, -0.2) is 0 Å². The molecule has 1 heterocycles. The zero-order valence-electron chi connectivity index (χ0n) is 7.40. The Morgan fingerprint density at radius 3 is 2.31 bits per heavy atom. The van der Waals surface area contributed by atoms with Gasteiger partial charge < -0.3 is 15.2 Å². The van der Waals surface area contributed by atoms with Gasteiger partial charge in [0, 0.05) is 12.1 Å². The Morgan fingerprint density at radius 2 is 1.77 bits per heavy atom. The van der Waals surface area contributed by atoms with Gasteiger partial charge in [0.1, 0.15) is 0 Å². The number of nitrogens with two attached hydrogens (primary N) is 1. The molecule has 1 aliphatic heterocycles. The van der Waals surface area contributed by atoms with Gasteiger partial charge in [0.25, 0.3) is 0 Å². The van der Waals surface area contributed by atoms with Crippen LogP contribution in [0.5, 0.6) is 0 Å². The molecule has 1 fully saturated rings. The van der Waals surface area contributed by atoms with E-state index >= 15 is 0 Å². The lowest BCUT2D eigenvalue weighted by atomic mass is 10.1. The molecule has 1 saturated heterocycles. The van der Waals surface area contributed by atoms with Crippen molar-refractivity contribution in [3.8, 4) is 0 Å². The lowest BCUT2D eigenvalue weighted by molar-refractivity contribution is -0.0441. The molecule has 3 nitrogen and oxygen atoms in total. The first kappa shape index (κ1) is 8.69. The SMILES string of the molecule is NCc1ccc(C2OCCO2)cc1. The van der Waals surface area contributed by atoms with Crippen LogP contribution in [-0.2, 0) is 16.0 Å². The highest BCUT2D eigenvalue weighted by Crippen LogP contribution is 2.22. The molecule has 0 saturated carbocycles. The Balaban J connectivity index is 2.12. The van der Waals surface area contributed by atoms with E-state index in [-0.39, 0.29) is 6.29 Å². The summed E-state index contributed by atoms with van der Waals surface area (Å²) in [6.07, 6.45) is -0.174. The largest absolute Gasteiger partial charge is 0.346 e. The molecule has 0 aliphatic carbocycles. The first-order valence-corrected chi connectivity index (χ1v) is 4.42. The quantitative estimate of drug-likeness (QED) is 0.741. The molecule has 70 valence electrons. The highest BCUT2D eigenvalue weighted by atomic mass is 16.7. The van der Waals surface area contributed by atoms with E-state index in [1.807, 2.05) is 24.3 Å². The van der Waals surface area contributed by atoms with E-state index in [1.54, 1.807) is 0 Å². The van der Waals surface area contributed by atoms with E-state index in [1.165, 1.54) is 0 Å². The Bertz CT molecular complexity index is 265. The molecule has 2 rings (SSSR count). The zero-order chi connectivity index (χ0) is 9.10. The Kier molecular flexibility index (Phi) is 2.59. The number of ether oxygens (including phenoxy) is 2. The minimum Gasteiger partial charge on any atom is -0.346 e. The molecule has 1 aliphatic rings. The van der Waals surface area contributed by atoms with Gasteiger partial charge >= 0.3 is 0 Å². The smallest absolute Gasteiger partial charge is 0.184 e. The van der Waals surface area contributed by atoms with Crippen LogP contribution in [-0.4, -0.2) is 13.2 Å². The van der Waals surface area contributed by atoms with Crippen molar-refractivity contribution >= 4 is 0 Å². The average Bonchev–Trinajstić information content (AvgIpc) is 2.71. The van der Waals surface area contributed by atoms with Gasteiger partial charge in [-0.2, -0.15) is 0 Å². The van der Waals surface area contributed by atoms with Crippen molar-refractivity contribution in [2.45, 2.75) is 12.8 Å². The Hall–Kier alpha value is -0.900. The minimum absolute atomic E-state index is 0.174. The molecule has 0 aromatic heterocycles. The fourth-order valence-corrected chi connectivity index (χ4v) is 1.36. The summed E-state index contributed by atoms with van der Waals surface area (Å²) >= 11 is 0. The lowest BCUT2D eigenvalue weighted by Crippen LogP contribution is -2.00. The van der Waals surface area contributed by atoms with Gasteiger partial charge in [0.15, 0.2) is 6.29 Å². The van der Waals surface area contributed by atoms with Crippen molar-refractivity contribution in [2.75, 3.05) is 13.2 Å². The first-order valence-electron chi connectivity index (χ1n) is 4.42. The van der Waals surface area contributed by atoms with Gasteiger partial charge in [-0.1, -0.05) is 24.3 Å². The molecule has 0 radical (unpaired) electrons. The second-order valence-electron chi connectivity index (χ2n) is 3.02. The predicted molar refractivity (Wildman–Crippen MR) is 49.0 cm³/mol. The van der Waals surface area contributed by atoms with Crippen LogP contribution in [0.1, 0.15) is 17.4 Å². The summed E-state index contributed by atoms with van der Waals surface area (Å²) in [5.74, 6) is 0. The maximum atomic E-state index is 5.49. The molecular weight excluding hydrogens is 166 g/mol. The third kappa shape index (κ3) is 1.88. The Morgan fingerprint density at radius 1 is 1.15 bits per heavy atom. The molecule has 2 N–H and O–H groups in total. The van der Waals surface area contributed by atoms with E-state index in [0.717, 1.165) is 11.1 Å². The van der Waals surface area contributed by atoms with E-state index < -0.39 is 0 Å². The topological polar surface area (TPSA) is 44.5 Å². The number of hydrogen-bond donors (Lipinski definition) is 1. The van der Waals surface area contributed by atoms with E-state index in [0.29, 0.717) is 19.8 Å². The molecular formula is C10H13NO2. The normalized spacial score (nSPS) is 17.9. The van der Waals surface area contributed by atoms with Crippen LogP contribution in [0.4, 0.5) is 0 Å². The predicted octanol–water partition coefficient (Wildman–Crippen LogP) is 1.19. The van der Waals surface area contributed by atoms with Crippen LogP contribution in [0.15, 0.2) is 24.3 Å². The van der Waals surface area contributed by atoms with Crippen molar-refractivity contribution < 1.29 is 9.47 Å². The molecule has 0 atom stereocenters. The van der Waals surface area contributed by atoms with Crippen molar-refractivity contribution in [1.82, 2.24) is 0 Å². The first-order chi connectivity index (χ1) is 6.40. The van der Waals surface area contributed by atoms with Crippen molar-refractivity contribution in [2.24, 2.45) is 5.73 Å². The zero-order valence-corrected chi connectivity index (χ0v) is 7.40. The summed E-state index contributed by atoms with van der Waals surface area (Å²) in [6, 6.07) is 8.00. The van der Waals surface area contributed by atoms with Gasteiger partial charge in [0.05, 0.1) is 13.2 Å². The van der Waals surface area contributed by atoms with Gasteiger partial charge in [-0.3, -0.25) is 0 Å². The molecule has 0 spiro atoms. The van der Waals surface area contributed by atoms with Crippen molar-refractivity contribution in [1.29, 1.82) is 0 Å². The van der Waals surface area contributed by atoms with E-state index in [2.05, 4.69) is 0 Å². The lowest BCUT2D eigenvalue weighted by Gasteiger charge is -2.09. The second-order valence-corrected chi connectivity index (χ2v) is 3.02. The summed E-state index contributed by atoms with van der Waals surface area (Å²) in [5.41, 5.74) is 7.68. The van der Waals surface area contributed by atoms with E-state index in [9.17, 15) is 0 Å². The molecule has 1 aromatic rings. The summed E-state index contributed by atoms with van der Waals surface area (Å²) in [4.78, 5) is 0. The number of hydrogen-bond acceptors (Lipinski definition) is 3. The second kappa shape index (κ2) is 3.87. The summed E-state index contributed by atoms with van der Waals surface area (Å²) in [6.45, 7) is 1.94. The van der Waals surface area contributed by atoms with Gasteiger partial charge in [-0.15, -0.1) is 0 Å². The van der Waals surface area contributed by atoms with Crippen LogP contribution in [0.3, 0.4) is 0 Å². The number of benzene rings is 1. The fourth-order valence-electron chi connectivity index (χ4n) is 1.36. The standard InChI is InChI=1S/C10H13NO2/c11-7-8-1-3-9(4-2-8)10-12-5-6-13-10/h1-4,10H,5-7,11H2. The van der Waals surface area contributed by atoms with Gasteiger partial charge in [0.2, 0.25) is 0 Å². The van der Waals surface area contributed by atoms with Crippen LogP contribution < -0.4 is 5.73 Å². The highest BCUT2D eigenvalue weighted by molar-refractivity contribution is 5.23. The monoisotopic (exact) mass is 179 g/mol. The molecule has 3 heteroatoms. The molecule has 0 amide bonds. The summed E-state index contributed by atoms with van der Waals surface area (Å²) in [7, 11) is 0. The average molecular weight is 179 g/mol. The fraction of sp³-hybridized carbons (Fsp3) is 0.400. The molecule has 0 unspecified atom stereocenters.